The fourth-order valence-electron chi connectivity index (χ4n) is 3.34. The lowest BCUT2D eigenvalue weighted by atomic mass is 10.1. The molecule has 1 aromatic heterocycles. The minimum atomic E-state index is -4.39. The fourth-order valence-corrected chi connectivity index (χ4v) is 4.13. The van der Waals surface area contributed by atoms with Crippen molar-refractivity contribution < 1.29 is 27.4 Å². The number of halogens is 3. The van der Waals surface area contributed by atoms with E-state index in [1.165, 1.54) is 17.4 Å². The molecule has 1 aliphatic rings. The number of carbonyl (C=O) groups excluding carboxylic acids is 1. The predicted molar refractivity (Wildman–Crippen MR) is 115 cm³/mol. The van der Waals surface area contributed by atoms with Gasteiger partial charge in [-0.3, -0.25) is 4.79 Å². The van der Waals surface area contributed by atoms with Gasteiger partial charge in [-0.2, -0.15) is 13.2 Å². The summed E-state index contributed by atoms with van der Waals surface area (Å²) in [6, 6.07) is 12.1. The Labute approximate surface area is 187 Å². The molecule has 32 heavy (non-hydrogen) atoms. The number of nitrogens with one attached hydrogen (secondary N) is 1. The van der Waals surface area contributed by atoms with Gasteiger partial charge in [0.1, 0.15) is 23.1 Å². The number of carbonyl (C=O) groups is 1. The zero-order valence-electron chi connectivity index (χ0n) is 17.0. The second-order valence-corrected chi connectivity index (χ2v) is 8.26. The number of benzene rings is 2. The molecule has 1 saturated heterocycles. The van der Waals surface area contributed by atoms with Crippen LogP contribution in [-0.4, -0.2) is 30.1 Å². The van der Waals surface area contributed by atoms with Gasteiger partial charge in [-0.1, -0.05) is 24.3 Å². The third-order valence-corrected chi connectivity index (χ3v) is 5.88. The average molecular weight is 462 g/mol. The highest BCUT2D eigenvalue weighted by atomic mass is 32.1. The van der Waals surface area contributed by atoms with Gasteiger partial charge in [0.25, 0.3) is 5.91 Å². The molecule has 0 saturated carbocycles. The van der Waals surface area contributed by atoms with E-state index in [2.05, 4.69) is 10.3 Å². The Kier molecular flexibility index (Phi) is 6.76. The van der Waals surface area contributed by atoms with E-state index in [9.17, 15) is 18.0 Å². The molecule has 0 radical (unpaired) electrons. The monoisotopic (exact) mass is 462 g/mol. The molecule has 0 aliphatic carbocycles. The highest BCUT2D eigenvalue weighted by molar-refractivity contribution is 7.13. The third-order valence-electron chi connectivity index (χ3n) is 4.99. The lowest BCUT2D eigenvalue weighted by Gasteiger charge is -2.10. The summed E-state index contributed by atoms with van der Waals surface area (Å²) in [7, 11) is 0. The molecule has 1 atom stereocenters. The summed E-state index contributed by atoms with van der Waals surface area (Å²) in [5.41, 5.74) is 0.804. The van der Waals surface area contributed by atoms with Crippen LogP contribution in [0.5, 0.6) is 5.75 Å². The van der Waals surface area contributed by atoms with Crippen LogP contribution in [0.1, 0.15) is 34.5 Å². The highest BCUT2D eigenvalue weighted by Crippen LogP contribution is 2.30. The van der Waals surface area contributed by atoms with Gasteiger partial charge < -0.3 is 14.8 Å². The Morgan fingerprint density at radius 3 is 2.84 bits per heavy atom. The first kappa shape index (κ1) is 22.3. The van der Waals surface area contributed by atoms with Crippen LogP contribution in [0.4, 0.5) is 13.2 Å². The summed E-state index contributed by atoms with van der Waals surface area (Å²) in [4.78, 5) is 16.8. The van der Waals surface area contributed by atoms with Gasteiger partial charge in [-0.05, 0) is 42.7 Å². The van der Waals surface area contributed by atoms with Gasteiger partial charge in [0.15, 0.2) is 0 Å². The van der Waals surface area contributed by atoms with Crippen LogP contribution in [0.2, 0.25) is 0 Å². The highest BCUT2D eigenvalue weighted by Gasteiger charge is 2.30. The van der Waals surface area contributed by atoms with E-state index < -0.39 is 11.7 Å². The van der Waals surface area contributed by atoms with Crippen molar-refractivity contribution in [3.8, 4) is 16.3 Å². The van der Waals surface area contributed by atoms with Crippen LogP contribution in [0, 0.1) is 0 Å². The van der Waals surface area contributed by atoms with Crippen LogP contribution in [-0.2, 0) is 17.5 Å². The Hall–Kier alpha value is -2.91. The molecule has 168 valence electrons. The zero-order valence-corrected chi connectivity index (χ0v) is 17.8. The molecule has 0 bridgehead atoms. The van der Waals surface area contributed by atoms with Crippen LogP contribution in [0.3, 0.4) is 0 Å². The number of aromatic nitrogens is 1. The first-order valence-electron chi connectivity index (χ1n) is 10.1. The minimum absolute atomic E-state index is 0.00212. The van der Waals surface area contributed by atoms with E-state index in [0.29, 0.717) is 28.6 Å². The summed E-state index contributed by atoms with van der Waals surface area (Å²) in [5, 5.41) is 5.19. The summed E-state index contributed by atoms with van der Waals surface area (Å²) < 4.78 is 49.8. The maximum absolute atomic E-state index is 12.9. The van der Waals surface area contributed by atoms with Gasteiger partial charge in [-0.25, -0.2) is 4.98 Å². The molecule has 1 N–H and O–H groups in total. The van der Waals surface area contributed by atoms with Gasteiger partial charge in [0, 0.05) is 24.1 Å². The standard InChI is InChI=1S/C23H21F3N2O3S/c24-23(25,26)17-6-1-4-15(10-17)13-31-18-7-2-5-16(11-18)22-28-20(14-32-22)21(29)27-12-19-8-3-9-30-19/h1-2,4-7,10-11,14,19H,3,8-9,12-13H2,(H,27,29). The van der Waals surface area contributed by atoms with Gasteiger partial charge in [-0.15, -0.1) is 11.3 Å². The Bertz CT molecular complexity index is 1080. The van der Waals surface area contributed by atoms with E-state index in [4.69, 9.17) is 9.47 Å². The second-order valence-electron chi connectivity index (χ2n) is 7.40. The predicted octanol–water partition coefficient (Wildman–Crippen LogP) is 5.32. The number of thiazole rings is 1. The van der Waals surface area contributed by atoms with Crippen molar-refractivity contribution >= 4 is 17.2 Å². The lowest BCUT2D eigenvalue weighted by molar-refractivity contribution is -0.137. The number of alkyl halides is 3. The topological polar surface area (TPSA) is 60.5 Å². The van der Waals surface area contributed by atoms with Gasteiger partial charge in [0.05, 0.1) is 11.7 Å². The van der Waals surface area contributed by atoms with Crippen molar-refractivity contribution in [3.63, 3.8) is 0 Å². The number of nitrogens with zero attached hydrogens (tertiary/aromatic N) is 1. The lowest BCUT2D eigenvalue weighted by Crippen LogP contribution is -2.31. The molecule has 1 aliphatic heterocycles. The van der Waals surface area contributed by atoms with Crippen LogP contribution < -0.4 is 10.1 Å². The first-order valence-corrected chi connectivity index (χ1v) is 11.0. The Morgan fingerprint density at radius 1 is 1.22 bits per heavy atom. The van der Waals surface area contributed by atoms with Crippen molar-refractivity contribution in [1.29, 1.82) is 0 Å². The number of hydrogen-bond donors (Lipinski definition) is 1. The van der Waals surface area contributed by atoms with Crippen molar-refractivity contribution in [2.24, 2.45) is 0 Å². The summed E-state index contributed by atoms with van der Waals surface area (Å²) >= 11 is 1.33. The van der Waals surface area contributed by atoms with Crippen molar-refractivity contribution in [2.45, 2.75) is 31.7 Å². The maximum atomic E-state index is 12.9. The number of hydrogen-bond acceptors (Lipinski definition) is 5. The largest absolute Gasteiger partial charge is 0.489 e. The number of ether oxygens (including phenoxy) is 2. The van der Waals surface area contributed by atoms with E-state index in [1.807, 2.05) is 6.07 Å². The average Bonchev–Trinajstić information content (AvgIpc) is 3.48. The molecule has 0 spiro atoms. The molecule has 1 fully saturated rings. The smallest absolute Gasteiger partial charge is 0.416 e. The summed E-state index contributed by atoms with van der Waals surface area (Å²) in [6.07, 6.45) is -2.39. The maximum Gasteiger partial charge on any atom is 0.416 e. The first-order chi connectivity index (χ1) is 15.4. The molecule has 1 amide bonds. The SMILES string of the molecule is O=C(NCC1CCCO1)c1csc(-c2cccc(OCc3cccc(C(F)(F)F)c3)c2)n1. The molecule has 4 rings (SSSR count). The zero-order chi connectivity index (χ0) is 22.6. The molecular weight excluding hydrogens is 441 g/mol. The molecule has 5 nitrogen and oxygen atoms in total. The molecule has 2 aromatic carbocycles. The number of rotatable bonds is 7. The van der Waals surface area contributed by atoms with Crippen molar-refractivity contribution in [3.05, 3.63) is 70.7 Å². The van der Waals surface area contributed by atoms with Crippen LogP contribution in [0.15, 0.2) is 53.9 Å². The number of amides is 1. The minimum Gasteiger partial charge on any atom is -0.489 e. The van der Waals surface area contributed by atoms with E-state index in [1.54, 1.807) is 29.6 Å². The van der Waals surface area contributed by atoms with E-state index in [0.717, 1.165) is 37.1 Å². The van der Waals surface area contributed by atoms with Crippen molar-refractivity contribution in [2.75, 3.05) is 13.2 Å². The Morgan fingerprint density at radius 2 is 2.06 bits per heavy atom. The second kappa shape index (κ2) is 9.70. The summed E-state index contributed by atoms with van der Waals surface area (Å²) in [5.74, 6) is 0.249. The molecular formula is C23H21F3N2O3S. The van der Waals surface area contributed by atoms with Gasteiger partial charge >= 0.3 is 6.18 Å². The molecule has 2 heterocycles. The molecule has 3 aromatic rings. The van der Waals surface area contributed by atoms with Crippen LogP contribution >= 0.6 is 11.3 Å². The third kappa shape index (κ3) is 5.66. The van der Waals surface area contributed by atoms with E-state index >= 15 is 0 Å². The molecule has 1 unspecified atom stereocenters. The fraction of sp³-hybridized carbons (Fsp3) is 0.304. The molecule has 9 heteroatoms. The Balaban J connectivity index is 1.38. The van der Waals surface area contributed by atoms with E-state index in [-0.39, 0.29) is 18.6 Å². The normalized spacial score (nSPS) is 16.2. The summed E-state index contributed by atoms with van der Waals surface area (Å²) in [6.45, 7) is 1.19. The quantitative estimate of drug-likeness (QED) is 0.517. The van der Waals surface area contributed by atoms with Gasteiger partial charge in [0.2, 0.25) is 0 Å². The van der Waals surface area contributed by atoms with Crippen LogP contribution in [0.25, 0.3) is 10.6 Å². The van der Waals surface area contributed by atoms with Crippen molar-refractivity contribution in [1.82, 2.24) is 10.3 Å².